The lowest BCUT2D eigenvalue weighted by atomic mass is 10.1. The van der Waals surface area contributed by atoms with Crippen LogP contribution in [0.1, 0.15) is 11.1 Å². The minimum absolute atomic E-state index is 0.0304. The number of pyridine rings is 1. The van der Waals surface area contributed by atoms with Gasteiger partial charge in [-0.15, -0.1) is 5.10 Å². The second-order valence-electron chi connectivity index (χ2n) is 5.90. The quantitative estimate of drug-likeness (QED) is 0.525. The summed E-state index contributed by atoms with van der Waals surface area (Å²) in [5.41, 5.74) is 1.21. The third-order valence-corrected chi connectivity index (χ3v) is 4.40. The monoisotopic (exact) mass is 393 g/mol. The standard InChI is InChI=1S/C19H12ClN5O3/c1-10-6-11(9-21)7-12-16(10)23-18(28-19(12)26)14-8-15(27-2)24-25(14)17-13(20)4-3-5-22-17/h3-8H,1-2H3. The molecular weight excluding hydrogens is 382 g/mol. The van der Waals surface area contributed by atoms with E-state index in [0.29, 0.717) is 33.2 Å². The smallest absolute Gasteiger partial charge is 0.347 e. The molecule has 8 nitrogen and oxygen atoms in total. The van der Waals surface area contributed by atoms with Crippen LogP contribution in [0.5, 0.6) is 5.88 Å². The van der Waals surface area contributed by atoms with Crippen molar-refractivity contribution in [1.29, 1.82) is 5.26 Å². The molecule has 0 N–H and O–H groups in total. The number of aryl methyl sites for hydroxylation is 1. The van der Waals surface area contributed by atoms with E-state index in [2.05, 4.69) is 15.1 Å². The van der Waals surface area contributed by atoms with E-state index in [0.717, 1.165) is 0 Å². The zero-order valence-corrected chi connectivity index (χ0v) is 15.6. The number of methoxy groups -OCH3 is 1. The Morgan fingerprint density at radius 1 is 1.32 bits per heavy atom. The van der Waals surface area contributed by atoms with Crippen LogP contribution in [-0.4, -0.2) is 26.9 Å². The predicted octanol–water partition coefficient (Wildman–Crippen LogP) is 3.28. The van der Waals surface area contributed by atoms with Crippen LogP contribution < -0.4 is 10.4 Å². The van der Waals surface area contributed by atoms with E-state index in [1.165, 1.54) is 17.9 Å². The number of aromatic nitrogens is 4. The van der Waals surface area contributed by atoms with Crippen molar-refractivity contribution < 1.29 is 9.15 Å². The molecule has 0 bridgehead atoms. The van der Waals surface area contributed by atoms with Gasteiger partial charge >= 0.3 is 5.63 Å². The summed E-state index contributed by atoms with van der Waals surface area (Å²) in [6.45, 7) is 1.77. The van der Waals surface area contributed by atoms with E-state index in [1.54, 1.807) is 37.4 Å². The Morgan fingerprint density at radius 3 is 2.86 bits per heavy atom. The van der Waals surface area contributed by atoms with E-state index in [-0.39, 0.29) is 17.2 Å². The molecule has 1 aromatic carbocycles. The van der Waals surface area contributed by atoms with Crippen molar-refractivity contribution in [2.24, 2.45) is 0 Å². The SMILES string of the molecule is COc1cc(-c2nc3c(C)cc(C#N)cc3c(=O)o2)n(-c2ncccc2Cl)n1. The highest BCUT2D eigenvalue weighted by molar-refractivity contribution is 6.32. The Balaban J connectivity index is 2.00. The zero-order chi connectivity index (χ0) is 19.8. The molecule has 0 radical (unpaired) electrons. The maximum atomic E-state index is 12.6. The van der Waals surface area contributed by atoms with Gasteiger partial charge in [-0.05, 0) is 36.8 Å². The first-order valence-corrected chi connectivity index (χ1v) is 8.50. The van der Waals surface area contributed by atoms with E-state index < -0.39 is 5.63 Å². The minimum atomic E-state index is -0.612. The third kappa shape index (κ3) is 2.88. The van der Waals surface area contributed by atoms with Crippen molar-refractivity contribution in [2.75, 3.05) is 7.11 Å². The van der Waals surface area contributed by atoms with Crippen LogP contribution in [0.3, 0.4) is 0 Å². The fourth-order valence-electron chi connectivity index (χ4n) is 2.83. The summed E-state index contributed by atoms with van der Waals surface area (Å²) >= 11 is 6.25. The van der Waals surface area contributed by atoms with E-state index >= 15 is 0 Å². The summed E-state index contributed by atoms with van der Waals surface area (Å²) in [4.78, 5) is 21.3. The lowest BCUT2D eigenvalue weighted by Gasteiger charge is -2.08. The summed E-state index contributed by atoms with van der Waals surface area (Å²) in [6, 6.07) is 10.1. The normalized spacial score (nSPS) is 10.8. The molecule has 0 saturated heterocycles. The van der Waals surface area contributed by atoms with E-state index in [4.69, 9.17) is 26.0 Å². The molecule has 3 aromatic heterocycles. The van der Waals surface area contributed by atoms with Gasteiger partial charge in [-0.2, -0.15) is 5.26 Å². The number of benzene rings is 1. The lowest BCUT2D eigenvalue weighted by Crippen LogP contribution is -2.08. The van der Waals surface area contributed by atoms with Crippen LogP contribution in [-0.2, 0) is 0 Å². The van der Waals surface area contributed by atoms with Crippen LogP contribution >= 0.6 is 11.6 Å². The van der Waals surface area contributed by atoms with Gasteiger partial charge in [0.1, 0.15) is 5.69 Å². The summed E-state index contributed by atoms with van der Waals surface area (Å²) in [6.07, 6.45) is 1.57. The first-order chi connectivity index (χ1) is 13.5. The molecule has 138 valence electrons. The van der Waals surface area contributed by atoms with Gasteiger partial charge < -0.3 is 9.15 Å². The van der Waals surface area contributed by atoms with Crippen molar-refractivity contribution >= 4 is 22.5 Å². The molecule has 9 heteroatoms. The molecule has 4 aromatic rings. The molecule has 0 spiro atoms. The highest BCUT2D eigenvalue weighted by Gasteiger charge is 2.20. The Labute approximate surface area is 163 Å². The van der Waals surface area contributed by atoms with Crippen molar-refractivity contribution in [1.82, 2.24) is 19.7 Å². The number of halogens is 1. The van der Waals surface area contributed by atoms with Gasteiger partial charge in [-0.25, -0.2) is 19.4 Å². The Morgan fingerprint density at radius 2 is 2.14 bits per heavy atom. The zero-order valence-electron chi connectivity index (χ0n) is 14.8. The largest absolute Gasteiger partial charge is 0.480 e. The van der Waals surface area contributed by atoms with Gasteiger partial charge in [0, 0.05) is 12.3 Å². The van der Waals surface area contributed by atoms with Crippen molar-refractivity contribution in [3.05, 3.63) is 63.1 Å². The molecule has 0 fully saturated rings. The summed E-state index contributed by atoms with van der Waals surface area (Å²) < 4.78 is 12.0. The third-order valence-electron chi connectivity index (χ3n) is 4.11. The predicted molar refractivity (Wildman–Crippen MR) is 102 cm³/mol. The molecule has 0 aliphatic heterocycles. The van der Waals surface area contributed by atoms with Crippen LogP contribution in [0.15, 0.2) is 45.7 Å². The van der Waals surface area contributed by atoms with Gasteiger partial charge in [0.15, 0.2) is 5.82 Å². The van der Waals surface area contributed by atoms with Crippen LogP contribution in [0, 0.1) is 18.3 Å². The Kier molecular flexibility index (Phi) is 4.29. The van der Waals surface area contributed by atoms with Crippen LogP contribution in [0.25, 0.3) is 28.3 Å². The van der Waals surface area contributed by atoms with E-state index in [9.17, 15) is 4.79 Å². The molecule has 0 saturated carbocycles. The maximum absolute atomic E-state index is 12.6. The van der Waals surface area contributed by atoms with E-state index in [1.807, 2.05) is 6.07 Å². The summed E-state index contributed by atoms with van der Waals surface area (Å²) in [5, 5.41) is 14.0. The molecule has 0 aliphatic carbocycles. The van der Waals surface area contributed by atoms with Gasteiger partial charge in [0.2, 0.25) is 11.8 Å². The first kappa shape index (κ1) is 17.7. The van der Waals surface area contributed by atoms with Gasteiger partial charge in [-0.3, -0.25) is 0 Å². The number of hydrogen-bond acceptors (Lipinski definition) is 7. The molecule has 3 heterocycles. The minimum Gasteiger partial charge on any atom is -0.480 e. The average molecular weight is 394 g/mol. The van der Waals surface area contributed by atoms with Crippen LogP contribution in [0.4, 0.5) is 0 Å². The number of fused-ring (bicyclic) bond motifs is 1. The fraction of sp³-hybridized carbons (Fsp3) is 0.105. The van der Waals surface area contributed by atoms with Crippen LogP contribution in [0.2, 0.25) is 5.02 Å². The number of hydrogen-bond donors (Lipinski definition) is 0. The van der Waals surface area contributed by atoms with Gasteiger partial charge in [0.25, 0.3) is 0 Å². The molecule has 4 rings (SSSR count). The Hall–Kier alpha value is -3.70. The summed E-state index contributed by atoms with van der Waals surface area (Å²) in [5.74, 6) is 0.643. The molecule has 0 unspecified atom stereocenters. The highest BCUT2D eigenvalue weighted by atomic mass is 35.5. The van der Waals surface area contributed by atoms with Gasteiger partial charge in [0.05, 0.1) is 34.7 Å². The molecular formula is C19H12ClN5O3. The number of nitriles is 1. The topological polar surface area (TPSA) is 107 Å². The van der Waals surface area contributed by atoms with Gasteiger partial charge in [-0.1, -0.05) is 11.6 Å². The number of nitrogens with zero attached hydrogens (tertiary/aromatic N) is 5. The molecule has 0 atom stereocenters. The molecule has 28 heavy (non-hydrogen) atoms. The second kappa shape index (κ2) is 6.79. The average Bonchev–Trinajstić information content (AvgIpc) is 3.13. The molecule has 0 aliphatic rings. The highest BCUT2D eigenvalue weighted by Crippen LogP contribution is 2.28. The van der Waals surface area contributed by atoms with Crippen molar-refractivity contribution in [2.45, 2.75) is 6.92 Å². The number of ether oxygens (including phenoxy) is 1. The Bertz CT molecular complexity index is 1320. The second-order valence-corrected chi connectivity index (χ2v) is 6.31. The fourth-order valence-corrected chi connectivity index (χ4v) is 3.03. The summed E-state index contributed by atoms with van der Waals surface area (Å²) in [7, 11) is 1.47. The lowest BCUT2D eigenvalue weighted by molar-refractivity contribution is 0.394. The first-order valence-electron chi connectivity index (χ1n) is 8.12. The number of rotatable bonds is 3. The maximum Gasteiger partial charge on any atom is 0.347 e. The molecule has 0 amide bonds. The van der Waals surface area contributed by atoms with Crippen molar-refractivity contribution in [3.8, 4) is 29.4 Å². The van der Waals surface area contributed by atoms with Crippen molar-refractivity contribution in [3.63, 3.8) is 0 Å².